The first-order valence-electron chi connectivity index (χ1n) is 6.26. The number of hydrogen-bond donors (Lipinski definition) is 2. The second-order valence-corrected chi connectivity index (χ2v) is 4.79. The molecule has 2 aromatic carbocycles. The fraction of sp³-hybridized carbons (Fsp3) is 0.250. The minimum absolute atomic E-state index is 0.286. The van der Waals surface area contributed by atoms with Crippen LogP contribution in [0, 0.1) is 13.8 Å². The Morgan fingerprint density at radius 3 is 2.39 bits per heavy atom. The Balaban J connectivity index is 2.19. The summed E-state index contributed by atoms with van der Waals surface area (Å²) in [5.74, 6) is 0. The van der Waals surface area contributed by atoms with Crippen LogP contribution >= 0.6 is 0 Å². The molecule has 18 heavy (non-hydrogen) atoms. The molecule has 0 aliphatic heterocycles. The highest BCUT2D eigenvalue weighted by molar-refractivity contribution is 5.57. The van der Waals surface area contributed by atoms with Crippen molar-refractivity contribution < 1.29 is 0 Å². The Labute approximate surface area is 109 Å². The normalized spacial score (nSPS) is 12.2. The molecule has 0 amide bonds. The number of aryl methyl sites for hydroxylation is 2. The summed E-state index contributed by atoms with van der Waals surface area (Å²) >= 11 is 0. The first-order valence-corrected chi connectivity index (χ1v) is 6.26. The van der Waals surface area contributed by atoms with Gasteiger partial charge in [-0.3, -0.25) is 0 Å². The topological polar surface area (TPSA) is 38.0 Å². The summed E-state index contributed by atoms with van der Waals surface area (Å²) in [6, 6.07) is 14.8. The van der Waals surface area contributed by atoms with Crippen molar-refractivity contribution in [2.24, 2.45) is 0 Å². The summed E-state index contributed by atoms with van der Waals surface area (Å²) in [5, 5.41) is 3.51. The van der Waals surface area contributed by atoms with Crippen LogP contribution in [-0.4, -0.2) is 0 Å². The Kier molecular flexibility index (Phi) is 3.56. The van der Waals surface area contributed by atoms with Crippen molar-refractivity contribution in [3.8, 4) is 0 Å². The van der Waals surface area contributed by atoms with E-state index in [0.717, 1.165) is 16.9 Å². The molecule has 0 radical (unpaired) electrons. The van der Waals surface area contributed by atoms with Gasteiger partial charge in [0.25, 0.3) is 0 Å². The minimum atomic E-state index is 0.286. The molecular weight excluding hydrogens is 220 g/mol. The van der Waals surface area contributed by atoms with Crippen LogP contribution in [0.3, 0.4) is 0 Å². The van der Waals surface area contributed by atoms with Gasteiger partial charge in [-0.1, -0.05) is 24.3 Å². The summed E-state index contributed by atoms with van der Waals surface area (Å²) < 4.78 is 0. The second-order valence-electron chi connectivity index (χ2n) is 4.79. The molecule has 0 aromatic heterocycles. The first kappa shape index (κ1) is 12.5. The lowest BCUT2D eigenvalue weighted by Crippen LogP contribution is -2.08. The van der Waals surface area contributed by atoms with Crippen LogP contribution in [0.4, 0.5) is 11.4 Å². The van der Waals surface area contributed by atoms with Crippen LogP contribution in [0.2, 0.25) is 0 Å². The van der Waals surface area contributed by atoms with Gasteiger partial charge in [-0.15, -0.1) is 0 Å². The average molecular weight is 240 g/mol. The van der Waals surface area contributed by atoms with Crippen molar-refractivity contribution in [3.05, 3.63) is 59.2 Å². The number of hydrogen-bond acceptors (Lipinski definition) is 2. The highest BCUT2D eigenvalue weighted by Crippen LogP contribution is 2.24. The van der Waals surface area contributed by atoms with Gasteiger partial charge in [0.15, 0.2) is 0 Å². The van der Waals surface area contributed by atoms with Gasteiger partial charge >= 0.3 is 0 Å². The molecule has 0 aliphatic rings. The summed E-state index contributed by atoms with van der Waals surface area (Å²) in [5.41, 5.74) is 11.5. The Morgan fingerprint density at radius 2 is 1.72 bits per heavy atom. The lowest BCUT2D eigenvalue weighted by atomic mass is 10.0. The number of nitrogens with one attached hydrogen (secondary N) is 1. The SMILES string of the molecule is Cc1cc(NC(C)c2ccccc2C)ccc1N. The van der Waals surface area contributed by atoms with Gasteiger partial charge in [0, 0.05) is 17.4 Å². The van der Waals surface area contributed by atoms with Crippen molar-refractivity contribution in [1.82, 2.24) is 0 Å². The molecule has 0 spiro atoms. The molecule has 0 saturated heterocycles. The maximum atomic E-state index is 5.83. The maximum absolute atomic E-state index is 5.83. The molecule has 0 bridgehead atoms. The molecule has 2 aromatic rings. The predicted molar refractivity (Wildman–Crippen MR) is 78.8 cm³/mol. The van der Waals surface area contributed by atoms with Crippen LogP contribution in [-0.2, 0) is 0 Å². The van der Waals surface area contributed by atoms with E-state index in [4.69, 9.17) is 5.73 Å². The average Bonchev–Trinajstić information content (AvgIpc) is 2.34. The van der Waals surface area contributed by atoms with E-state index in [2.05, 4.69) is 49.5 Å². The second kappa shape index (κ2) is 5.13. The zero-order chi connectivity index (χ0) is 13.1. The standard InChI is InChI=1S/C16H20N2/c1-11-6-4-5-7-15(11)13(3)18-14-8-9-16(17)12(2)10-14/h4-10,13,18H,17H2,1-3H3. The molecular formula is C16H20N2. The van der Waals surface area contributed by atoms with Gasteiger partial charge < -0.3 is 11.1 Å². The summed E-state index contributed by atoms with van der Waals surface area (Å²) in [7, 11) is 0. The third-order valence-corrected chi connectivity index (χ3v) is 3.31. The molecule has 2 rings (SSSR count). The van der Waals surface area contributed by atoms with Crippen molar-refractivity contribution in [1.29, 1.82) is 0 Å². The molecule has 0 fully saturated rings. The zero-order valence-electron chi connectivity index (χ0n) is 11.2. The quantitative estimate of drug-likeness (QED) is 0.794. The number of rotatable bonds is 3. The van der Waals surface area contributed by atoms with Crippen molar-refractivity contribution in [2.45, 2.75) is 26.8 Å². The first-order chi connectivity index (χ1) is 8.58. The zero-order valence-corrected chi connectivity index (χ0v) is 11.2. The van der Waals surface area contributed by atoms with E-state index in [1.807, 2.05) is 19.1 Å². The fourth-order valence-electron chi connectivity index (χ4n) is 2.17. The molecule has 3 N–H and O–H groups in total. The molecule has 2 nitrogen and oxygen atoms in total. The van der Waals surface area contributed by atoms with E-state index in [-0.39, 0.29) is 6.04 Å². The molecule has 94 valence electrons. The van der Waals surface area contributed by atoms with Crippen LogP contribution < -0.4 is 11.1 Å². The van der Waals surface area contributed by atoms with Gasteiger partial charge in [-0.05, 0) is 55.7 Å². The van der Waals surface area contributed by atoms with Gasteiger partial charge in [0.1, 0.15) is 0 Å². The molecule has 2 heteroatoms. The molecule has 0 heterocycles. The van der Waals surface area contributed by atoms with Crippen LogP contribution in [0.15, 0.2) is 42.5 Å². The largest absolute Gasteiger partial charge is 0.399 e. The smallest absolute Gasteiger partial charge is 0.0488 e. The monoisotopic (exact) mass is 240 g/mol. The molecule has 1 unspecified atom stereocenters. The van der Waals surface area contributed by atoms with Gasteiger partial charge in [-0.25, -0.2) is 0 Å². The Morgan fingerprint density at radius 1 is 1.00 bits per heavy atom. The molecule has 0 aliphatic carbocycles. The van der Waals surface area contributed by atoms with Gasteiger partial charge in [0.2, 0.25) is 0 Å². The summed E-state index contributed by atoms with van der Waals surface area (Å²) in [4.78, 5) is 0. The van der Waals surface area contributed by atoms with Gasteiger partial charge in [0.05, 0.1) is 0 Å². The predicted octanol–water partition coefficient (Wildman–Crippen LogP) is 4.06. The summed E-state index contributed by atoms with van der Waals surface area (Å²) in [6.45, 7) is 6.34. The molecule has 1 atom stereocenters. The number of benzene rings is 2. The van der Waals surface area contributed by atoms with Crippen molar-refractivity contribution >= 4 is 11.4 Å². The van der Waals surface area contributed by atoms with E-state index in [9.17, 15) is 0 Å². The minimum Gasteiger partial charge on any atom is -0.399 e. The number of nitrogens with two attached hydrogens (primary N) is 1. The highest BCUT2D eigenvalue weighted by Gasteiger charge is 2.07. The van der Waals surface area contributed by atoms with E-state index in [0.29, 0.717) is 0 Å². The van der Waals surface area contributed by atoms with Gasteiger partial charge in [-0.2, -0.15) is 0 Å². The Hall–Kier alpha value is -1.96. The maximum Gasteiger partial charge on any atom is 0.0488 e. The number of nitrogen functional groups attached to an aromatic ring is 1. The lowest BCUT2D eigenvalue weighted by molar-refractivity contribution is 0.874. The third-order valence-electron chi connectivity index (χ3n) is 3.31. The highest BCUT2D eigenvalue weighted by atomic mass is 14.9. The van der Waals surface area contributed by atoms with E-state index in [1.165, 1.54) is 11.1 Å². The van der Waals surface area contributed by atoms with E-state index in [1.54, 1.807) is 0 Å². The van der Waals surface area contributed by atoms with E-state index < -0.39 is 0 Å². The number of anilines is 2. The van der Waals surface area contributed by atoms with E-state index >= 15 is 0 Å². The Bertz CT molecular complexity index is 547. The van der Waals surface area contributed by atoms with Crippen LogP contribution in [0.1, 0.15) is 29.7 Å². The van der Waals surface area contributed by atoms with Crippen LogP contribution in [0.5, 0.6) is 0 Å². The lowest BCUT2D eigenvalue weighted by Gasteiger charge is -2.18. The van der Waals surface area contributed by atoms with Crippen molar-refractivity contribution in [2.75, 3.05) is 11.1 Å². The third kappa shape index (κ3) is 2.65. The molecule has 0 saturated carbocycles. The summed E-state index contributed by atoms with van der Waals surface area (Å²) in [6.07, 6.45) is 0. The van der Waals surface area contributed by atoms with Crippen molar-refractivity contribution in [3.63, 3.8) is 0 Å². The fourth-order valence-corrected chi connectivity index (χ4v) is 2.17. The van der Waals surface area contributed by atoms with Crippen LogP contribution in [0.25, 0.3) is 0 Å².